The highest BCUT2D eigenvalue weighted by Crippen LogP contribution is 2.21. The van der Waals surface area contributed by atoms with Gasteiger partial charge in [-0.25, -0.2) is 4.98 Å². The highest BCUT2D eigenvalue weighted by atomic mass is 16.6. The fourth-order valence-corrected chi connectivity index (χ4v) is 2.15. The highest BCUT2D eigenvalue weighted by Gasteiger charge is 2.16. The topological polar surface area (TPSA) is 95.9 Å². The van der Waals surface area contributed by atoms with E-state index in [-0.39, 0.29) is 5.69 Å². The molecule has 94 valence electrons. The van der Waals surface area contributed by atoms with Crippen LogP contribution >= 0.6 is 0 Å². The molecule has 3 rings (SSSR count). The second kappa shape index (κ2) is 4.26. The molecule has 0 radical (unpaired) electrons. The van der Waals surface area contributed by atoms with Crippen LogP contribution in [0.3, 0.4) is 0 Å². The average molecular weight is 247 g/mol. The molecule has 7 nitrogen and oxygen atoms in total. The Bertz CT molecular complexity index is 588. The van der Waals surface area contributed by atoms with Crippen LogP contribution in [0, 0.1) is 10.1 Å². The number of non-ortho nitro benzene ring substituents is 1. The third-order valence-corrected chi connectivity index (χ3v) is 3.08. The minimum absolute atomic E-state index is 0.0697. The van der Waals surface area contributed by atoms with E-state index < -0.39 is 4.92 Å². The molecular weight excluding hydrogens is 234 g/mol. The maximum Gasteiger partial charge on any atom is 0.271 e. The Kier molecular flexibility index (Phi) is 2.60. The van der Waals surface area contributed by atoms with E-state index in [1.807, 2.05) is 0 Å². The van der Waals surface area contributed by atoms with Gasteiger partial charge < -0.3 is 15.6 Å². The van der Waals surface area contributed by atoms with Gasteiger partial charge in [-0.1, -0.05) is 0 Å². The Morgan fingerprint density at radius 3 is 3.11 bits per heavy atom. The molecule has 3 N–H and O–H groups in total. The molecule has 18 heavy (non-hydrogen) atoms. The molecule has 0 aliphatic carbocycles. The van der Waals surface area contributed by atoms with E-state index in [1.54, 1.807) is 6.07 Å². The number of nitro groups is 1. The van der Waals surface area contributed by atoms with Crippen molar-refractivity contribution in [1.82, 2.24) is 15.3 Å². The minimum Gasteiger partial charge on any atom is -0.352 e. The van der Waals surface area contributed by atoms with Crippen molar-refractivity contribution >= 4 is 22.7 Å². The first kappa shape index (κ1) is 11.0. The molecule has 1 fully saturated rings. The third kappa shape index (κ3) is 2.00. The van der Waals surface area contributed by atoms with E-state index in [4.69, 9.17) is 0 Å². The molecule has 0 amide bonds. The van der Waals surface area contributed by atoms with Crippen molar-refractivity contribution in [1.29, 1.82) is 0 Å². The van der Waals surface area contributed by atoms with Gasteiger partial charge in [0.05, 0.1) is 16.0 Å². The Labute approximate surface area is 103 Å². The second-order valence-electron chi connectivity index (χ2n) is 4.38. The lowest BCUT2D eigenvalue weighted by atomic mass is 10.3. The average Bonchev–Trinajstić information content (AvgIpc) is 2.96. The number of fused-ring (bicyclic) bond motifs is 1. The summed E-state index contributed by atoms with van der Waals surface area (Å²) in [6, 6.07) is 4.98. The normalized spacial score (nSPS) is 19.2. The molecule has 0 saturated carbocycles. The standard InChI is InChI=1S/C11H13N5O2/c17-16(18)8-1-2-9-10(5-8)15-11(14-9)13-7-3-4-12-6-7/h1-2,5,7,12H,3-4,6H2,(H2,13,14,15)/t7-/m0/s1. The van der Waals surface area contributed by atoms with Crippen molar-refractivity contribution in [3.8, 4) is 0 Å². The number of H-pyrrole nitrogens is 1. The van der Waals surface area contributed by atoms with Crippen LogP contribution in [0.5, 0.6) is 0 Å². The summed E-state index contributed by atoms with van der Waals surface area (Å²) in [5, 5.41) is 17.2. The van der Waals surface area contributed by atoms with Crippen molar-refractivity contribution in [3.05, 3.63) is 28.3 Å². The lowest BCUT2D eigenvalue weighted by molar-refractivity contribution is -0.384. The van der Waals surface area contributed by atoms with Crippen LogP contribution in [0.15, 0.2) is 18.2 Å². The van der Waals surface area contributed by atoms with Gasteiger partial charge in [-0.2, -0.15) is 0 Å². The highest BCUT2D eigenvalue weighted by molar-refractivity contribution is 5.79. The number of rotatable bonds is 3. The van der Waals surface area contributed by atoms with Crippen LogP contribution < -0.4 is 10.6 Å². The zero-order valence-electron chi connectivity index (χ0n) is 9.64. The van der Waals surface area contributed by atoms with Crippen LogP contribution in [-0.4, -0.2) is 34.0 Å². The van der Waals surface area contributed by atoms with E-state index >= 15 is 0 Å². The van der Waals surface area contributed by atoms with Crippen molar-refractivity contribution in [3.63, 3.8) is 0 Å². The summed E-state index contributed by atoms with van der Waals surface area (Å²) in [5.74, 6) is 0.666. The molecule has 1 atom stereocenters. The molecule has 1 aromatic carbocycles. The van der Waals surface area contributed by atoms with Gasteiger partial charge in [0, 0.05) is 24.7 Å². The van der Waals surface area contributed by atoms with Crippen molar-refractivity contribution < 1.29 is 4.92 Å². The van der Waals surface area contributed by atoms with Gasteiger partial charge in [0.15, 0.2) is 0 Å². The number of aromatic nitrogens is 2. The Hall–Kier alpha value is -2.15. The summed E-state index contributed by atoms with van der Waals surface area (Å²) in [7, 11) is 0. The van der Waals surface area contributed by atoms with Crippen molar-refractivity contribution in [2.45, 2.75) is 12.5 Å². The molecule has 2 aromatic rings. The quantitative estimate of drug-likeness (QED) is 0.560. The number of nitro benzene ring substituents is 1. The zero-order valence-corrected chi connectivity index (χ0v) is 9.64. The maximum atomic E-state index is 10.7. The van der Waals surface area contributed by atoms with E-state index in [1.165, 1.54) is 12.1 Å². The first-order chi connectivity index (χ1) is 8.72. The first-order valence-corrected chi connectivity index (χ1v) is 5.84. The maximum absolute atomic E-state index is 10.7. The van der Waals surface area contributed by atoms with Crippen molar-refractivity contribution in [2.24, 2.45) is 0 Å². The molecule has 1 saturated heterocycles. The fourth-order valence-electron chi connectivity index (χ4n) is 2.15. The van der Waals surface area contributed by atoms with E-state index in [2.05, 4.69) is 20.6 Å². The van der Waals surface area contributed by atoms with Crippen LogP contribution in [0.2, 0.25) is 0 Å². The molecule has 0 spiro atoms. The van der Waals surface area contributed by atoms with E-state index in [0.717, 1.165) is 25.0 Å². The summed E-state index contributed by atoms with van der Waals surface area (Å²) < 4.78 is 0. The van der Waals surface area contributed by atoms with Gasteiger partial charge >= 0.3 is 0 Å². The molecule has 0 bridgehead atoms. The smallest absolute Gasteiger partial charge is 0.271 e. The molecular formula is C11H13N5O2. The molecule has 1 aliphatic rings. The lowest BCUT2D eigenvalue weighted by Gasteiger charge is -2.08. The largest absolute Gasteiger partial charge is 0.352 e. The SMILES string of the molecule is O=[N+]([O-])c1ccc2nc(N[C@H]3CCNC3)[nH]c2c1. The minimum atomic E-state index is -0.408. The van der Waals surface area contributed by atoms with Gasteiger partial charge in [0.25, 0.3) is 5.69 Å². The van der Waals surface area contributed by atoms with Crippen LogP contribution in [0.1, 0.15) is 6.42 Å². The van der Waals surface area contributed by atoms with Gasteiger partial charge in [-0.05, 0) is 19.0 Å². The summed E-state index contributed by atoms with van der Waals surface area (Å²) in [6.45, 7) is 1.92. The number of benzene rings is 1. The fraction of sp³-hybridized carbons (Fsp3) is 0.364. The predicted molar refractivity (Wildman–Crippen MR) is 67.6 cm³/mol. The number of nitrogens with zero attached hydrogens (tertiary/aromatic N) is 2. The summed E-state index contributed by atoms with van der Waals surface area (Å²) in [6.07, 6.45) is 1.05. The van der Waals surface area contributed by atoms with Gasteiger partial charge in [-0.15, -0.1) is 0 Å². The Morgan fingerprint density at radius 1 is 1.50 bits per heavy atom. The van der Waals surface area contributed by atoms with Crippen molar-refractivity contribution in [2.75, 3.05) is 18.4 Å². The number of hydrogen-bond acceptors (Lipinski definition) is 5. The number of imidazole rings is 1. The van der Waals surface area contributed by atoms with Crippen LogP contribution in [0.4, 0.5) is 11.6 Å². The number of aromatic amines is 1. The van der Waals surface area contributed by atoms with Crippen LogP contribution in [-0.2, 0) is 0 Å². The second-order valence-corrected chi connectivity index (χ2v) is 4.38. The zero-order chi connectivity index (χ0) is 12.5. The van der Waals surface area contributed by atoms with E-state index in [9.17, 15) is 10.1 Å². The molecule has 2 heterocycles. The first-order valence-electron chi connectivity index (χ1n) is 5.84. The monoisotopic (exact) mass is 247 g/mol. The van der Waals surface area contributed by atoms with Crippen LogP contribution in [0.25, 0.3) is 11.0 Å². The number of hydrogen-bond donors (Lipinski definition) is 3. The van der Waals surface area contributed by atoms with Gasteiger partial charge in [0.1, 0.15) is 0 Å². The molecule has 1 aliphatic heterocycles. The molecule has 0 unspecified atom stereocenters. The predicted octanol–water partition coefficient (Wildman–Crippen LogP) is 1.24. The molecule has 7 heteroatoms. The van der Waals surface area contributed by atoms with Gasteiger partial charge in [-0.3, -0.25) is 10.1 Å². The molecule has 1 aromatic heterocycles. The van der Waals surface area contributed by atoms with Gasteiger partial charge in [0.2, 0.25) is 5.95 Å². The lowest BCUT2D eigenvalue weighted by Crippen LogP contribution is -2.22. The summed E-state index contributed by atoms with van der Waals surface area (Å²) in [5.41, 5.74) is 1.48. The summed E-state index contributed by atoms with van der Waals surface area (Å²) >= 11 is 0. The summed E-state index contributed by atoms with van der Waals surface area (Å²) in [4.78, 5) is 17.7. The Balaban J connectivity index is 1.87. The number of nitrogens with one attached hydrogen (secondary N) is 3. The third-order valence-electron chi connectivity index (χ3n) is 3.08. The Morgan fingerprint density at radius 2 is 2.39 bits per heavy atom. The number of anilines is 1. The van der Waals surface area contributed by atoms with E-state index in [0.29, 0.717) is 17.5 Å².